The highest BCUT2D eigenvalue weighted by Gasteiger charge is 2.23. The quantitative estimate of drug-likeness (QED) is 0.838. The van der Waals surface area contributed by atoms with E-state index in [9.17, 15) is 17.6 Å². The van der Waals surface area contributed by atoms with E-state index in [0.717, 1.165) is 24.2 Å². The summed E-state index contributed by atoms with van der Waals surface area (Å²) in [6.45, 7) is 0.673. The second kappa shape index (κ2) is 7.43. The van der Waals surface area contributed by atoms with Crippen molar-refractivity contribution in [3.63, 3.8) is 0 Å². The van der Waals surface area contributed by atoms with E-state index in [1.807, 2.05) is 6.07 Å². The molecule has 2 aromatic rings. The number of amides is 1. The average molecular weight is 378 g/mol. The molecule has 1 aliphatic rings. The molecule has 0 atom stereocenters. The molecule has 1 amide bonds. The van der Waals surface area contributed by atoms with Crippen LogP contribution in [0.25, 0.3) is 0 Å². The van der Waals surface area contributed by atoms with Crippen LogP contribution in [0.1, 0.15) is 18.4 Å². The lowest BCUT2D eigenvalue weighted by molar-refractivity contribution is -0.117. The van der Waals surface area contributed by atoms with Gasteiger partial charge in [-0.2, -0.15) is 0 Å². The highest BCUT2D eigenvalue weighted by molar-refractivity contribution is 7.89. The number of benzene rings is 2. The zero-order chi connectivity index (χ0) is 18.7. The third-order valence-corrected chi connectivity index (χ3v) is 5.60. The lowest BCUT2D eigenvalue weighted by Gasteiger charge is -2.17. The molecule has 1 fully saturated rings. The fourth-order valence-electron chi connectivity index (χ4n) is 2.87. The topological polar surface area (TPSA) is 75.7 Å². The summed E-state index contributed by atoms with van der Waals surface area (Å²) >= 11 is 0. The Balaban J connectivity index is 1.78. The number of nitrogens with one attached hydrogen (secondary N) is 1. The summed E-state index contributed by atoms with van der Waals surface area (Å²) in [5, 5.41) is 0. The van der Waals surface area contributed by atoms with Gasteiger partial charge in [-0.05, 0) is 42.3 Å². The summed E-state index contributed by atoms with van der Waals surface area (Å²) in [7, 11) is -2.64. The summed E-state index contributed by atoms with van der Waals surface area (Å²) < 4.78 is 45.9. The van der Waals surface area contributed by atoms with Gasteiger partial charge in [-0.3, -0.25) is 4.79 Å². The van der Waals surface area contributed by atoms with Gasteiger partial charge in [-0.25, -0.2) is 17.5 Å². The van der Waals surface area contributed by atoms with Gasteiger partial charge >= 0.3 is 0 Å². The number of rotatable bonds is 6. The van der Waals surface area contributed by atoms with Gasteiger partial charge in [-0.1, -0.05) is 12.1 Å². The van der Waals surface area contributed by atoms with Crippen LogP contribution >= 0.6 is 0 Å². The molecule has 6 nitrogen and oxygen atoms in total. The molecule has 1 N–H and O–H groups in total. The Morgan fingerprint density at radius 2 is 2.04 bits per heavy atom. The number of halogens is 1. The maximum atomic E-state index is 13.5. The molecule has 0 aromatic heterocycles. The third kappa shape index (κ3) is 3.86. The molecule has 0 bridgehead atoms. The number of carbonyl (C=O) groups excluding carboxylic acids is 1. The Kier molecular flexibility index (Phi) is 5.24. The monoisotopic (exact) mass is 378 g/mol. The molecule has 1 saturated heterocycles. The van der Waals surface area contributed by atoms with E-state index < -0.39 is 15.8 Å². The van der Waals surface area contributed by atoms with Crippen LogP contribution in [0, 0.1) is 5.82 Å². The number of anilines is 1. The Bertz CT molecular complexity index is 931. The van der Waals surface area contributed by atoms with Crippen molar-refractivity contribution in [3.05, 3.63) is 53.8 Å². The van der Waals surface area contributed by atoms with E-state index in [1.54, 1.807) is 23.1 Å². The van der Waals surface area contributed by atoms with Crippen LogP contribution in [-0.2, 0) is 21.4 Å². The van der Waals surface area contributed by atoms with Crippen LogP contribution in [0.4, 0.5) is 10.1 Å². The molecule has 1 aliphatic heterocycles. The average Bonchev–Trinajstić information content (AvgIpc) is 3.06. The Morgan fingerprint density at radius 1 is 1.23 bits per heavy atom. The van der Waals surface area contributed by atoms with Crippen molar-refractivity contribution in [1.82, 2.24) is 4.72 Å². The van der Waals surface area contributed by atoms with Gasteiger partial charge in [-0.15, -0.1) is 0 Å². The van der Waals surface area contributed by atoms with Gasteiger partial charge in [0.2, 0.25) is 15.9 Å². The fraction of sp³-hybridized carbons (Fsp3) is 0.278. The van der Waals surface area contributed by atoms with Gasteiger partial charge < -0.3 is 9.64 Å². The van der Waals surface area contributed by atoms with Gasteiger partial charge in [0, 0.05) is 25.2 Å². The number of methoxy groups -OCH3 is 1. The van der Waals surface area contributed by atoms with Crippen LogP contribution < -0.4 is 14.4 Å². The number of hydrogen-bond donors (Lipinski definition) is 1. The zero-order valence-corrected chi connectivity index (χ0v) is 15.1. The third-order valence-electron chi connectivity index (χ3n) is 4.18. The number of nitrogens with zero attached hydrogens (tertiary/aromatic N) is 1. The van der Waals surface area contributed by atoms with Crippen molar-refractivity contribution in [2.45, 2.75) is 24.3 Å². The van der Waals surface area contributed by atoms with E-state index in [2.05, 4.69) is 4.72 Å². The lowest BCUT2D eigenvalue weighted by atomic mass is 10.2. The van der Waals surface area contributed by atoms with Crippen LogP contribution in [0.15, 0.2) is 47.4 Å². The molecular weight excluding hydrogens is 359 g/mol. The van der Waals surface area contributed by atoms with Crippen molar-refractivity contribution in [3.8, 4) is 5.75 Å². The summed E-state index contributed by atoms with van der Waals surface area (Å²) in [4.78, 5) is 13.3. The fourth-order valence-corrected chi connectivity index (χ4v) is 4.07. The standard InChI is InChI=1S/C18H19FN2O4S/c1-25-16-8-7-14(19)11-17(16)26(23,24)20-12-13-4-2-5-15(10-13)21-9-3-6-18(21)22/h2,4-5,7-8,10-11,20H,3,6,9,12H2,1H3. The molecule has 0 unspecified atom stereocenters. The summed E-state index contributed by atoms with van der Waals surface area (Å²) in [6, 6.07) is 10.4. The first-order valence-corrected chi connectivity index (χ1v) is 9.61. The van der Waals surface area contributed by atoms with Gasteiger partial charge in [0.15, 0.2) is 0 Å². The number of carbonyl (C=O) groups is 1. The molecule has 0 spiro atoms. The van der Waals surface area contributed by atoms with Crippen LogP contribution in [0.5, 0.6) is 5.75 Å². The van der Waals surface area contributed by atoms with Crippen molar-refractivity contribution in [2.24, 2.45) is 0 Å². The molecule has 1 heterocycles. The van der Waals surface area contributed by atoms with E-state index in [0.29, 0.717) is 18.5 Å². The molecule has 26 heavy (non-hydrogen) atoms. The minimum Gasteiger partial charge on any atom is -0.495 e. The first-order chi connectivity index (χ1) is 12.4. The van der Waals surface area contributed by atoms with Crippen molar-refractivity contribution in [1.29, 1.82) is 0 Å². The maximum absolute atomic E-state index is 13.5. The largest absolute Gasteiger partial charge is 0.495 e. The second-order valence-electron chi connectivity index (χ2n) is 5.94. The van der Waals surface area contributed by atoms with E-state index >= 15 is 0 Å². The van der Waals surface area contributed by atoms with Crippen LogP contribution in [0.3, 0.4) is 0 Å². The van der Waals surface area contributed by atoms with E-state index in [4.69, 9.17) is 4.74 Å². The highest BCUT2D eigenvalue weighted by atomic mass is 32.2. The molecule has 3 rings (SSSR count). The predicted octanol–water partition coefficient (Wildman–Crippen LogP) is 2.44. The normalized spacial score (nSPS) is 14.7. The van der Waals surface area contributed by atoms with Crippen molar-refractivity contribution < 1.29 is 22.3 Å². The number of sulfonamides is 1. The van der Waals surface area contributed by atoms with E-state index in [-0.39, 0.29) is 23.1 Å². The zero-order valence-electron chi connectivity index (χ0n) is 14.2. The maximum Gasteiger partial charge on any atom is 0.244 e. The minimum absolute atomic E-state index is 0.0118. The highest BCUT2D eigenvalue weighted by Crippen LogP contribution is 2.25. The first kappa shape index (κ1) is 18.3. The van der Waals surface area contributed by atoms with E-state index in [1.165, 1.54) is 13.2 Å². The Morgan fingerprint density at radius 3 is 2.73 bits per heavy atom. The molecule has 138 valence electrons. The van der Waals surface area contributed by atoms with Crippen LogP contribution in [0.2, 0.25) is 0 Å². The van der Waals surface area contributed by atoms with Gasteiger partial charge in [0.05, 0.1) is 7.11 Å². The number of ether oxygens (including phenoxy) is 1. The molecule has 0 aliphatic carbocycles. The molecular formula is C18H19FN2O4S. The summed E-state index contributed by atoms with van der Waals surface area (Å²) in [5.74, 6) is -0.539. The van der Waals surface area contributed by atoms with Crippen LogP contribution in [-0.4, -0.2) is 28.0 Å². The molecule has 2 aromatic carbocycles. The second-order valence-corrected chi connectivity index (χ2v) is 7.67. The molecule has 0 radical (unpaired) electrons. The Labute approximate surface area is 151 Å². The predicted molar refractivity (Wildman–Crippen MR) is 95.0 cm³/mol. The SMILES string of the molecule is COc1ccc(F)cc1S(=O)(=O)NCc1cccc(N2CCCC2=O)c1. The Hall–Kier alpha value is -2.45. The smallest absolute Gasteiger partial charge is 0.244 e. The molecule has 8 heteroatoms. The van der Waals surface area contributed by atoms with Gasteiger partial charge in [0.25, 0.3) is 0 Å². The summed E-state index contributed by atoms with van der Waals surface area (Å²) in [6.07, 6.45) is 1.34. The number of hydrogen-bond acceptors (Lipinski definition) is 4. The van der Waals surface area contributed by atoms with Crippen molar-refractivity contribution in [2.75, 3.05) is 18.6 Å². The molecule has 0 saturated carbocycles. The minimum atomic E-state index is -3.96. The van der Waals surface area contributed by atoms with Crippen molar-refractivity contribution >= 4 is 21.6 Å². The lowest BCUT2D eigenvalue weighted by Crippen LogP contribution is -2.25. The first-order valence-electron chi connectivity index (χ1n) is 8.13. The van der Waals surface area contributed by atoms with Gasteiger partial charge in [0.1, 0.15) is 16.5 Å². The summed E-state index contributed by atoms with van der Waals surface area (Å²) in [5.41, 5.74) is 1.44.